The molecule has 35 heavy (non-hydrogen) atoms. The number of carbonyl (C=O) groups is 1. The topological polar surface area (TPSA) is 70.2 Å². The highest BCUT2D eigenvalue weighted by Crippen LogP contribution is 2.43. The van der Waals surface area contributed by atoms with E-state index in [1.165, 1.54) is 32.1 Å². The normalized spacial score (nSPS) is 27.6. The van der Waals surface area contributed by atoms with Gasteiger partial charge < -0.3 is 9.64 Å². The van der Waals surface area contributed by atoms with E-state index in [2.05, 4.69) is 4.90 Å². The number of hydrogen-bond donors (Lipinski definition) is 0. The number of piperazine rings is 1. The monoisotopic (exact) mass is 523 g/mol. The van der Waals surface area contributed by atoms with Crippen LogP contribution in [0.5, 0.6) is 0 Å². The van der Waals surface area contributed by atoms with Crippen LogP contribution in [0.1, 0.15) is 64.2 Å². The lowest BCUT2D eigenvalue weighted by Crippen LogP contribution is -2.54. The van der Waals surface area contributed by atoms with E-state index >= 15 is 0 Å². The summed E-state index contributed by atoms with van der Waals surface area (Å²) in [5, 5.41) is 0.510. The van der Waals surface area contributed by atoms with Gasteiger partial charge in [0.25, 0.3) is 0 Å². The standard InChI is InChI=1S/C26H38ClN3O4S/c27-21-11-13-24(14-12-21)35(32,33)30-23(7-4-8-25(30)20-9-10-20)19-34-26(31)29-17-15-28(16-18-29)22-5-2-1-3-6-22/h11-14,20,22-23,25H,1-10,15-19H2. The van der Waals surface area contributed by atoms with Crippen molar-refractivity contribution in [1.29, 1.82) is 0 Å². The summed E-state index contributed by atoms with van der Waals surface area (Å²) in [6.45, 7) is 3.25. The molecule has 1 amide bonds. The van der Waals surface area contributed by atoms with Crippen molar-refractivity contribution < 1.29 is 17.9 Å². The molecule has 1 aromatic rings. The molecular weight excluding hydrogens is 486 g/mol. The minimum Gasteiger partial charge on any atom is -0.448 e. The number of rotatable bonds is 6. The zero-order valence-corrected chi connectivity index (χ0v) is 22.1. The second kappa shape index (κ2) is 11.0. The van der Waals surface area contributed by atoms with E-state index < -0.39 is 10.0 Å². The van der Waals surface area contributed by atoms with E-state index in [4.69, 9.17) is 16.3 Å². The van der Waals surface area contributed by atoms with Crippen molar-refractivity contribution in [3.8, 4) is 0 Å². The second-order valence-corrected chi connectivity index (χ2v) is 12.9. The number of hydrogen-bond acceptors (Lipinski definition) is 5. The minimum absolute atomic E-state index is 0.0211. The predicted molar refractivity (Wildman–Crippen MR) is 136 cm³/mol. The fraction of sp³-hybridized carbons (Fsp3) is 0.731. The summed E-state index contributed by atoms with van der Waals surface area (Å²) in [6, 6.07) is 6.69. The molecule has 2 aliphatic heterocycles. The van der Waals surface area contributed by atoms with Gasteiger partial charge in [0.15, 0.2) is 0 Å². The first-order valence-electron chi connectivity index (χ1n) is 13.4. The number of sulfonamides is 1. The summed E-state index contributed by atoms with van der Waals surface area (Å²) in [5.74, 6) is 0.406. The van der Waals surface area contributed by atoms with Gasteiger partial charge in [-0.2, -0.15) is 4.31 Å². The van der Waals surface area contributed by atoms with E-state index in [9.17, 15) is 13.2 Å². The summed E-state index contributed by atoms with van der Waals surface area (Å²) >= 11 is 6.00. The Bertz CT molecular complexity index is 971. The maximum atomic E-state index is 13.7. The fourth-order valence-corrected chi connectivity index (χ4v) is 8.29. The molecule has 2 atom stereocenters. The van der Waals surface area contributed by atoms with Gasteiger partial charge in [-0.05, 0) is 68.7 Å². The van der Waals surface area contributed by atoms with Crippen molar-refractivity contribution >= 4 is 27.7 Å². The smallest absolute Gasteiger partial charge is 0.409 e. The van der Waals surface area contributed by atoms with Gasteiger partial charge in [-0.15, -0.1) is 0 Å². The predicted octanol–water partition coefficient (Wildman–Crippen LogP) is 4.75. The molecule has 0 N–H and O–H groups in total. The van der Waals surface area contributed by atoms with Gasteiger partial charge in [0.05, 0.1) is 10.9 Å². The first-order valence-corrected chi connectivity index (χ1v) is 15.2. The second-order valence-electron chi connectivity index (χ2n) is 10.7. The molecule has 2 heterocycles. The Balaban J connectivity index is 1.22. The number of nitrogens with zero attached hydrogens (tertiary/aromatic N) is 3. The molecule has 1 aromatic carbocycles. The molecule has 2 saturated heterocycles. The number of benzene rings is 1. The molecule has 2 aliphatic carbocycles. The van der Waals surface area contributed by atoms with Crippen molar-refractivity contribution in [2.24, 2.45) is 5.92 Å². The lowest BCUT2D eigenvalue weighted by molar-refractivity contribution is 0.0367. The van der Waals surface area contributed by atoms with E-state index in [-0.39, 0.29) is 29.7 Å². The molecule has 0 radical (unpaired) electrons. The number of amides is 1. The fourth-order valence-electron chi connectivity index (χ4n) is 6.25. The van der Waals surface area contributed by atoms with E-state index in [1.54, 1.807) is 33.5 Å². The van der Waals surface area contributed by atoms with E-state index in [1.807, 2.05) is 0 Å². The van der Waals surface area contributed by atoms with Gasteiger partial charge in [0.1, 0.15) is 6.61 Å². The van der Waals surface area contributed by atoms with Gasteiger partial charge in [-0.3, -0.25) is 4.90 Å². The third-order valence-electron chi connectivity index (χ3n) is 8.34. The van der Waals surface area contributed by atoms with Gasteiger partial charge in [-0.1, -0.05) is 37.3 Å². The zero-order chi connectivity index (χ0) is 24.4. The van der Waals surface area contributed by atoms with Crippen molar-refractivity contribution in [1.82, 2.24) is 14.1 Å². The number of piperidine rings is 1. The summed E-state index contributed by atoms with van der Waals surface area (Å²) in [7, 11) is -3.71. The van der Waals surface area contributed by atoms with Gasteiger partial charge in [-0.25, -0.2) is 13.2 Å². The molecule has 0 spiro atoms. The Morgan fingerprint density at radius 1 is 0.886 bits per heavy atom. The van der Waals surface area contributed by atoms with Crippen LogP contribution in [0.15, 0.2) is 29.2 Å². The van der Waals surface area contributed by atoms with Crippen LogP contribution in [0.2, 0.25) is 5.02 Å². The highest BCUT2D eigenvalue weighted by molar-refractivity contribution is 7.89. The molecule has 2 saturated carbocycles. The van der Waals surface area contributed by atoms with Crippen LogP contribution < -0.4 is 0 Å². The van der Waals surface area contributed by atoms with Crippen molar-refractivity contribution in [2.45, 2.75) is 87.2 Å². The van der Waals surface area contributed by atoms with Crippen LogP contribution in [0.4, 0.5) is 4.79 Å². The van der Waals surface area contributed by atoms with Gasteiger partial charge in [0.2, 0.25) is 10.0 Å². The quantitative estimate of drug-likeness (QED) is 0.538. The van der Waals surface area contributed by atoms with Crippen LogP contribution >= 0.6 is 11.6 Å². The molecule has 9 heteroatoms. The van der Waals surface area contributed by atoms with E-state index in [0.29, 0.717) is 36.5 Å². The average molecular weight is 524 g/mol. The molecule has 4 fully saturated rings. The highest BCUT2D eigenvalue weighted by Gasteiger charge is 2.46. The molecule has 194 valence electrons. The Morgan fingerprint density at radius 2 is 1.57 bits per heavy atom. The molecule has 7 nitrogen and oxygen atoms in total. The summed E-state index contributed by atoms with van der Waals surface area (Å²) in [6.07, 6.45) is 10.8. The SMILES string of the molecule is O=C(OCC1CCCC(C2CC2)N1S(=O)(=O)c1ccc(Cl)cc1)N1CCN(C2CCCCC2)CC1. The number of halogens is 1. The third kappa shape index (κ3) is 5.81. The Labute approximate surface area is 214 Å². The molecule has 4 aliphatic rings. The Hall–Kier alpha value is -1.35. The largest absolute Gasteiger partial charge is 0.448 e. The van der Waals surface area contributed by atoms with Crippen molar-refractivity contribution in [3.05, 3.63) is 29.3 Å². The molecular formula is C26H38ClN3O4S. The lowest BCUT2D eigenvalue weighted by Gasteiger charge is -2.42. The summed E-state index contributed by atoms with van der Waals surface area (Å²) in [4.78, 5) is 17.5. The maximum Gasteiger partial charge on any atom is 0.409 e. The third-order valence-corrected chi connectivity index (χ3v) is 10.6. The molecule has 5 rings (SSSR count). The molecule has 2 unspecified atom stereocenters. The van der Waals surface area contributed by atoms with Crippen molar-refractivity contribution in [3.63, 3.8) is 0 Å². The van der Waals surface area contributed by atoms with Crippen LogP contribution in [0.3, 0.4) is 0 Å². The summed E-state index contributed by atoms with van der Waals surface area (Å²) < 4.78 is 34.9. The summed E-state index contributed by atoms with van der Waals surface area (Å²) in [5.41, 5.74) is 0. The van der Waals surface area contributed by atoms with Gasteiger partial charge in [0, 0.05) is 43.3 Å². The average Bonchev–Trinajstić information content (AvgIpc) is 3.73. The Kier molecular flexibility index (Phi) is 7.92. The minimum atomic E-state index is -3.71. The molecule has 0 aromatic heterocycles. The lowest BCUT2D eigenvalue weighted by atomic mass is 9.94. The van der Waals surface area contributed by atoms with Crippen LogP contribution in [-0.2, 0) is 14.8 Å². The van der Waals surface area contributed by atoms with Crippen LogP contribution in [0, 0.1) is 5.92 Å². The Morgan fingerprint density at radius 3 is 2.23 bits per heavy atom. The zero-order valence-electron chi connectivity index (χ0n) is 20.5. The first kappa shape index (κ1) is 25.3. The highest BCUT2D eigenvalue weighted by atomic mass is 35.5. The van der Waals surface area contributed by atoms with Crippen LogP contribution in [0.25, 0.3) is 0 Å². The maximum absolute atomic E-state index is 13.7. The van der Waals surface area contributed by atoms with Crippen molar-refractivity contribution in [2.75, 3.05) is 32.8 Å². The van der Waals surface area contributed by atoms with Gasteiger partial charge >= 0.3 is 6.09 Å². The first-order chi connectivity index (χ1) is 16.9. The number of ether oxygens (including phenoxy) is 1. The molecule has 0 bridgehead atoms. The van der Waals surface area contributed by atoms with Crippen LogP contribution in [-0.4, -0.2) is 79.5 Å². The number of carbonyl (C=O) groups excluding carboxylic acids is 1. The van der Waals surface area contributed by atoms with E-state index in [0.717, 1.165) is 38.8 Å².